The smallest absolute Gasteiger partial charge is 0.230 e. The van der Waals surface area contributed by atoms with E-state index in [2.05, 4.69) is 15.6 Å². The molecule has 1 aliphatic carbocycles. The summed E-state index contributed by atoms with van der Waals surface area (Å²) in [5, 5.41) is 6.54. The van der Waals surface area contributed by atoms with E-state index in [0.29, 0.717) is 24.6 Å². The first-order chi connectivity index (χ1) is 12.9. The predicted molar refractivity (Wildman–Crippen MR) is 105 cm³/mol. The van der Waals surface area contributed by atoms with Gasteiger partial charge in [-0.05, 0) is 30.5 Å². The largest absolute Gasteiger partial charge is 0.380 e. The third-order valence-corrected chi connectivity index (χ3v) is 5.11. The van der Waals surface area contributed by atoms with Crippen LogP contribution in [0.15, 0.2) is 23.2 Å². The van der Waals surface area contributed by atoms with Crippen molar-refractivity contribution < 1.29 is 13.9 Å². The van der Waals surface area contributed by atoms with E-state index in [1.54, 1.807) is 31.2 Å². The number of halogens is 1. The maximum Gasteiger partial charge on any atom is 0.230 e. The summed E-state index contributed by atoms with van der Waals surface area (Å²) in [6.07, 6.45) is 3.94. The number of methoxy groups -OCH3 is 1. The Morgan fingerprint density at radius 1 is 1.30 bits per heavy atom. The summed E-state index contributed by atoms with van der Waals surface area (Å²) in [6.45, 7) is 1.30. The Balaban J connectivity index is 1.96. The van der Waals surface area contributed by atoms with Gasteiger partial charge >= 0.3 is 0 Å². The summed E-state index contributed by atoms with van der Waals surface area (Å²) in [4.78, 5) is 18.6. The zero-order chi connectivity index (χ0) is 19.9. The molecule has 1 aromatic rings. The predicted octanol–water partition coefficient (Wildman–Crippen LogP) is 2.29. The molecule has 0 spiro atoms. The van der Waals surface area contributed by atoms with Gasteiger partial charge in [0.15, 0.2) is 5.96 Å². The Hall–Kier alpha value is -2.15. The number of hydrogen-bond acceptors (Lipinski definition) is 3. The highest BCUT2D eigenvalue weighted by Gasteiger charge is 2.42. The van der Waals surface area contributed by atoms with Gasteiger partial charge in [0.05, 0.1) is 12.0 Å². The fraction of sp³-hybridized carbons (Fsp3) is 0.600. The van der Waals surface area contributed by atoms with Crippen LogP contribution in [0, 0.1) is 11.2 Å². The van der Waals surface area contributed by atoms with E-state index >= 15 is 0 Å². The number of hydrogen-bond donors (Lipinski definition) is 2. The van der Waals surface area contributed by atoms with Gasteiger partial charge in [0.2, 0.25) is 5.91 Å². The highest BCUT2D eigenvalue weighted by molar-refractivity contribution is 5.85. The minimum absolute atomic E-state index is 0.172. The number of amides is 1. The summed E-state index contributed by atoms with van der Waals surface area (Å²) >= 11 is 0. The lowest BCUT2D eigenvalue weighted by molar-refractivity contribution is -0.138. The van der Waals surface area contributed by atoms with Crippen molar-refractivity contribution in [1.82, 2.24) is 15.5 Å². The molecule has 0 heterocycles. The standard InChI is InChI=1S/C20H31FN4O2/c1-22-19(23-12-15-7-8-17(21)16(11-15)13-27-4)24-14-20(9-5-6-10-20)18(26)25(2)3/h7-8,11H,5-6,9-10,12-14H2,1-4H3,(H2,22,23,24). The molecule has 150 valence electrons. The number of carbonyl (C=O) groups is 1. The van der Waals surface area contributed by atoms with Crippen molar-refractivity contribution in [1.29, 1.82) is 0 Å². The van der Waals surface area contributed by atoms with Crippen molar-refractivity contribution in [2.24, 2.45) is 10.4 Å². The molecule has 0 bridgehead atoms. The minimum Gasteiger partial charge on any atom is -0.380 e. The van der Waals surface area contributed by atoms with Gasteiger partial charge in [-0.25, -0.2) is 4.39 Å². The van der Waals surface area contributed by atoms with Gasteiger partial charge in [0, 0.05) is 46.9 Å². The number of rotatable bonds is 7. The van der Waals surface area contributed by atoms with Crippen molar-refractivity contribution in [3.63, 3.8) is 0 Å². The molecule has 0 atom stereocenters. The normalized spacial score (nSPS) is 16.3. The van der Waals surface area contributed by atoms with E-state index in [4.69, 9.17) is 4.74 Å². The molecule has 7 heteroatoms. The van der Waals surface area contributed by atoms with E-state index in [1.807, 2.05) is 14.1 Å². The van der Waals surface area contributed by atoms with Crippen molar-refractivity contribution >= 4 is 11.9 Å². The van der Waals surface area contributed by atoms with E-state index in [0.717, 1.165) is 31.2 Å². The van der Waals surface area contributed by atoms with Gasteiger partial charge < -0.3 is 20.3 Å². The van der Waals surface area contributed by atoms with Crippen molar-refractivity contribution in [2.75, 3.05) is 34.8 Å². The maximum absolute atomic E-state index is 13.7. The number of ether oxygens (including phenoxy) is 1. The number of nitrogens with zero attached hydrogens (tertiary/aromatic N) is 2. The molecule has 2 rings (SSSR count). The molecular formula is C20H31FN4O2. The van der Waals surface area contributed by atoms with Gasteiger partial charge in [-0.2, -0.15) is 0 Å². The lowest BCUT2D eigenvalue weighted by Crippen LogP contribution is -2.49. The zero-order valence-corrected chi connectivity index (χ0v) is 16.8. The van der Waals surface area contributed by atoms with Gasteiger partial charge in [-0.1, -0.05) is 18.9 Å². The van der Waals surface area contributed by atoms with Gasteiger partial charge in [-0.3, -0.25) is 9.79 Å². The minimum atomic E-state index is -0.359. The number of nitrogens with one attached hydrogen (secondary N) is 2. The third-order valence-electron chi connectivity index (χ3n) is 5.11. The van der Waals surface area contributed by atoms with Crippen LogP contribution in [0.1, 0.15) is 36.8 Å². The first-order valence-corrected chi connectivity index (χ1v) is 9.34. The molecule has 27 heavy (non-hydrogen) atoms. The summed E-state index contributed by atoms with van der Waals surface area (Å²) in [6, 6.07) is 4.97. The van der Waals surface area contributed by atoms with Gasteiger partial charge in [-0.15, -0.1) is 0 Å². The SMILES string of the molecule is CN=C(NCc1ccc(F)c(COC)c1)NCC1(C(=O)N(C)C)CCCC1. The van der Waals surface area contributed by atoms with Gasteiger partial charge in [0.1, 0.15) is 5.82 Å². The number of aliphatic imine (C=N–C) groups is 1. The molecule has 0 saturated heterocycles. The van der Waals surface area contributed by atoms with Crippen LogP contribution in [0.25, 0.3) is 0 Å². The van der Waals surface area contributed by atoms with Crippen LogP contribution in [-0.4, -0.2) is 51.6 Å². The van der Waals surface area contributed by atoms with E-state index in [9.17, 15) is 9.18 Å². The second-order valence-corrected chi connectivity index (χ2v) is 7.33. The summed E-state index contributed by atoms with van der Waals surface area (Å²) < 4.78 is 18.8. The molecule has 1 fully saturated rings. The zero-order valence-electron chi connectivity index (χ0n) is 16.8. The van der Waals surface area contributed by atoms with Crippen LogP contribution in [0.2, 0.25) is 0 Å². The number of benzene rings is 1. The van der Waals surface area contributed by atoms with E-state index in [1.165, 1.54) is 6.07 Å². The van der Waals surface area contributed by atoms with Gasteiger partial charge in [0.25, 0.3) is 0 Å². The highest BCUT2D eigenvalue weighted by atomic mass is 19.1. The van der Waals surface area contributed by atoms with Crippen molar-refractivity contribution in [3.8, 4) is 0 Å². The Labute approximate surface area is 161 Å². The number of carbonyl (C=O) groups excluding carboxylic acids is 1. The average molecular weight is 378 g/mol. The quantitative estimate of drug-likeness (QED) is 0.564. The molecule has 0 unspecified atom stereocenters. The lowest BCUT2D eigenvalue weighted by Gasteiger charge is -2.31. The topological polar surface area (TPSA) is 66.0 Å². The van der Waals surface area contributed by atoms with Crippen LogP contribution in [0.3, 0.4) is 0 Å². The number of guanidine groups is 1. The maximum atomic E-state index is 13.7. The molecule has 1 amide bonds. The highest BCUT2D eigenvalue weighted by Crippen LogP contribution is 2.38. The lowest BCUT2D eigenvalue weighted by atomic mass is 9.84. The monoisotopic (exact) mass is 378 g/mol. The van der Waals surface area contributed by atoms with E-state index in [-0.39, 0.29) is 23.7 Å². The molecule has 1 aromatic carbocycles. The Kier molecular flexibility index (Phi) is 7.59. The fourth-order valence-corrected chi connectivity index (χ4v) is 3.66. The molecule has 0 radical (unpaired) electrons. The third kappa shape index (κ3) is 5.42. The summed E-state index contributed by atoms with van der Waals surface area (Å²) in [5.74, 6) is 0.532. The van der Waals surface area contributed by atoms with E-state index < -0.39 is 0 Å². The van der Waals surface area contributed by atoms with Crippen molar-refractivity contribution in [2.45, 2.75) is 38.8 Å². The summed E-state index contributed by atoms with van der Waals surface area (Å²) in [7, 11) is 6.86. The second-order valence-electron chi connectivity index (χ2n) is 7.33. The Morgan fingerprint density at radius 3 is 2.59 bits per heavy atom. The molecule has 2 N–H and O–H groups in total. The molecule has 6 nitrogen and oxygen atoms in total. The fourth-order valence-electron chi connectivity index (χ4n) is 3.66. The average Bonchev–Trinajstić information content (AvgIpc) is 3.13. The molecule has 0 aromatic heterocycles. The van der Waals surface area contributed by atoms with Crippen LogP contribution < -0.4 is 10.6 Å². The molecule has 0 aliphatic heterocycles. The molecule has 1 saturated carbocycles. The first-order valence-electron chi connectivity index (χ1n) is 9.34. The van der Waals surface area contributed by atoms with Crippen LogP contribution in [0.5, 0.6) is 0 Å². The first kappa shape index (κ1) is 21.2. The van der Waals surface area contributed by atoms with Crippen molar-refractivity contribution in [3.05, 3.63) is 35.1 Å². The Morgan fingerprint density at radius 2 is 2.00 bits per heavy atom. The Bertz CT molecular complexity index is 670. The summed E-state index contributed by atoms with van der Waals surface area (Å²) in [5.41, 5.74) is 1.11. The van der Waals surface area contributed by atoms with Crippen LogP contribution in [-0.2, 0) is 22.7 Å². The van der Waals surface area contributed by atoms with Crippen LogP contribution in [0.4, 0.5) is 4.39 Å². The van der Waals surface area contributed by atoms with Crippen LogP contribution >= 0.6 is 0 Å². The molecule has 1 aliphatic rings. The second kappa shape index (κ2) is 9.69. The molecular weight excluding hydrogens is 347 g/mol.